The average Bonchev–Trinajstić information content (AvgIpc) is 2.96. The standard InChI is InChI=1S/C15H24N2O2/c1-18-15-8-3-2-7-14(15)17(10-5-9-16)12-13-6-4-11-19-13/h2-3,7-8,13H,4-6,9-12,16H2,1H3. The van der Waals surface area contributed by atoms with E-state index in [1.807, 2.05) is 18.2 Å². The fourth-order valence-corrected chi connectivity index (χ4v) is 2.52. The molecule has 2 N–H and O–H groups in total. The Kier molecular flexibility index (Phi) is 5.48. The van der Waals surface area contributed by atoms with Gasteiger partial charge in [0.15, 0.2) is 0 Å². The molecular weight excluding hydrogens is 240 g/mol. The van der Waals surface area contributed by atoms with Crippen LogP contribution in [0.25, 0.3) is 0 Å². The van der Waals surface area contributed by atoms with Crippen LogP contribution >= 0.6 is 0 Å². The van der Waals surface area contributed by atoms with Crippen LogP contribution in [-0.2, 0) is 4.74 Å². The number of nitrogens with two attached hydrogens (primary N) is 1. The van der Waals surface area contributed by atoms with E-state index in [9.17, 15) is 0 Å². The second kappa shape index (κ2) is 7.36. The molecule has 2 rings (SSSR count). The first-order chi connectivity index (χ1) is 9.35. The number of nitrogens with zero attached hydrogens (tertiary/aromatic N) is 1. The van der Waals surface area contributed by atoms with Crippen LogP contribution in [0, 0.1) is 0 Å². The average molecular weight is 264 g/mol. The van der Waals surface area contributed by atoms with E-state index in [-0.39, 0.29) is 0 Å². The second-order valence-corrected chi connectivity index (χ2v) is 4.90. The molecule has 0 saturated carbocycles. The van der Waals surface area contributed by atoms with E-state index in [1.54, 1.807) is 7.11 Å². The van der Waals surface area contributed by atoms with Crippen molar-refractivity contribution in [3.63, 3.8) is 0 Å². The van der Waals surface area contributed by atoms with Gasteiger partial charge in [0.25, 0.3) is 0 Å². The Balaban J connectivity index is 2.10. The summed E-state index contributed by atoms with van der Waals surface area (Å²) in [5, 5.41) is 0. The molecule has 0 amide bonds. The minimum Gasteiger partial charge on any atom is -0.495 e. The fourth-order valence-electron chi connectivity index (χ4n) is 2.52. The van der Waals surface area contributed by atoms with Crippen molar-refractivity contribution in [1.82, 2.24) is 0 Å². The number of para-hydroxylation sites is 2. The maximum absolute atomic E-state index is 5.74. The third-order valence-corrected chi connectivity index (χ3v) is 3.51. The number of ether oxygens (including phenoxy) is 2. The van der Waals surface area contributed by atoms with Crippen molar-refractivity contribution in [3.8, 4) is 5.75 Å². The lowest BCUT2D eigenvalue weighted by molar-refractivity contribution is 0.115. The van der Waals surface area contributed by atoms with Gasteiger partial charge in [-0.05, 0) is 37.9 Å². The van der Waals surface area contributed by atoms with Crippen LogP contribution in [0.3, 0.4) is 0 Å². The molecule has 1 atom stereocenters. The van der Waals surface area contributed by atoms with Crippen LogP contribution in [0.5, 0.6) is 5.75 Å². The van der Waals surface area contributed by atoms with Crippen LogP contribution in [-0.4, -0.2) is 39.5 Å². The predicted octanol–water partition coefficient (Wildman–Crippen LogP) is 2.03. The van der Waals surface area contributed by atoms with Crippen LogP contribution < -0.4 is 15.4 Å². The number of rotatable bonds is 7. The molecular formula is C15H24N2O2. The van der Waals surface area contributed by atoms with Crippen molar-refractivity contribution in [2.75, 3.05) is 38.3 Å². The molecule has 0 bridgehead atoms. The van der Waals surface area contributed by atoms with Gasteiger partial charge in [0.1, 0.15) is 5.75 Å². The fraction of sp³-hybridized carbons (Fsp3) is 0.600. The van der Waals surface area contributed by atoms with Gasteiger partial charge in [0.05, 0.1) is 18.9 Å². The van der Waals surface area contributed by atoms with Gasteiger partial charge < -0.3 is 20.1 Å². The molecule has 0 spiro atoms. The lowest BCUT2D eigenvalue weighted by Gasteiger charge is -2.28. The normalized spacial score (nSPS) is 18.5. The second-order valence-electron chi connectivity index (χ2n) is 4.90. The van der Waals surface area contributed by atoms with Crippen LogP contribution in [0.4, 0.5) is 5.69 Å². The van der Waals surface area contributed by atoms with E-state index in [0.717, 1.165) is 44.0 Å². The van der Waals surface area contributed by atoms with Crippen molar-refractivity contribution in [2.45, 2.75) is 25.4 Å². The molecule has 1 aliphatic heterocycles. The Morgan fingerprint density at radius 1 is 1.42 bits per heavy atom. The summed E-state index contributed by atoms with van der Waals surface area (Å²) in [4.78, 5) is 2.34. The largest absolute Gasteiger partial charge is 0.495 e. The summed E-state index contributed by atoms with van der Waals surface area (Å²) < 4.78 is 11.2. The molecule has 4 heteroatoms. The van der Waals surface area contributed by atoms with Gasteiger partial charge in [0, 0.05) is 19.7 Å². The van der Waals surface area contributed by atoms with Gasteiger partial charge in [-0.25, -0.2) is 0 Å². The molecule has 4 nitrogen and oxygen atoms in total. The summed E-state index contributed by atoms with van der Waals surface area (Å²) in [6.45, 7) is 3.45. The molecule has 1 aromatic rings. The Labute approximate surface area is 115 Å². The molecule has 0 radical (unpaired) electrons. The van der Waals surface area contributed by atoms with Gasteiger partial charge in [-0.15, -0.1) is 0 Å². The van der Waals surface area contributed by atoms with E-state index in [2.05, 4.69) is 11.0 Å². The first kappa shape index (κ1) is 14.2. The highest BCUT2D eigenvalue weighted by Gasteiger charge is 2.20. The van der Waals surface area contributed by atoms with E-state index in [4.69, 9.17) is 15.2 Å². The van der Waals surface area contributed by atoms with Crippen molar-refractivity contribution in [1.29, 1.82) is 0 Å². The number of anilines is 1. The highest BCUT2D eigenvalue weighted by atomic mass is 16.5. The van der Waals surface area contributed by atoms with Crippen molar-refractivity contribution in [3.05, 3.63) is 24.3 Å². The first-order valence-corrected chi connectivity index (χ1v) is 7.04. The lowest BCUT2D eigenvalue weighted by atomic mass is 10.2. The smallest absolute Gasteiger partial charge is 0.142 e. The topological polar surface area (TPSA) is 47.7 Å². The van der Waals surface area contributed by atoms with Crippen molar-refractivity contribution < 1.29 is 9.47 Å². The molecule has 1 aromatic carbocycles. The minimum atomic E-state index is 0.336. The van der Waals surface area contributed by atoms with Crippen molar-refractivity contribution >= 4 is 5.69 Å². The molecule has 1 aliphatic rings. The number of methoxy groups -OCH3 is 1. The zero-order chi connectivity index (χ0) is 13.5. The highest BCUT2D eigenvalue weighted by molar-refractivity contribution is 5.58. The summed E-state index contributed by atoms with van der Waals surface area (Å²) in [6, 6.07) is 8.14. The number of hydrogen-bond donors (Lipinski definition) is 1. The maximum Gasteiger partial charge on any atom is 0.142 e. The molecule has 1 unspecified atom stereocenters. The molecule has 0 aromatic heterocycles. The van der Waals surface area contributed by atoms with E-state index in [0.29, 0.717) is 12.6 Å². The molecule has 0 aliphatic carbocycles. The third kappa shape index (κ3) is 3.85. The number of benzene rings is 1. The van der Waals surface area contributed by atoms with Crippen LogP contribution in [0.1, 0.15) is 19.3 Å². The third-order valence-electron chi connectivity index (χ3n) is 3.51. The number of hydrogen-bond acceptors (Lipinski definition) is 4. The summed E-state index contributed by atoms with van der Waals surface area (Å²) in [5.41, 5.74) is 6.78. The highest BCUT2D eigenvalue weighted by Crippen LogP contribution is 2.29. The van der Waals surface area contributed by atoms with Gasteiger partial charge in [-0.1, -0.05) is 12.1 Å². The molecule has 1 heterocycles. The Morgan fingerprint density at radius 3 is 2.95 bits per heavy atom. The Bertz CT molecular complexity index is 378. The first-order valence-electron chi connectivity index (χ1n) is 7.04. The summed E-state index contributed by atoms with van der Waals surface area (Å²) in [7, 11) is 1.71. The zero-order valence-electron chi connectivity index (χ0n) is 11.7. The lowest BCUT2D eigenvalue weighted by Crippen LogP contribution is -2.34. The van der Waals surface area contributed by atoms with Gasteiger partial charge >= 0.3 is 0 Å². The molecule has 19 heavy (non-hydrogen) atoms. The Morgan fingerprint density at radius 2 is 2.26 bits per heavy atom. The van der Waals surface area contributed by atoms with Crippen LogP contribution in [0.15, 0.2) is 24.3 Å². The van der Waals surface area contributed by atoms with Gasteiger partial charge in [-0.3, -0.25) is 0 Å². The SMILES string of the molecule is COc1ccccc1N(CCCN)CC1CCCO1. The molecule has 1 fully saturated rings. The van der Waals surface area contributed by atoms with Gasteiger partial charge in [-0.2, -0.15) is 0 Å². The summed E-state index contributed by atoms with van der Waals surface area (Å²) >= 11 is 0. The predicted molar refractivity (Wildman–Crippen MR) is 77.9 cm³/mol. The summed E-state index contributed by atoms with van der Waals surface area (Å²) in [6.07, 6.45) is 3.63. The maximum atomic E-state index is 5.74. The monoisotopic (exact) mass is 264 g/mol. The van der Waals surface area contributed by atoms with E-state index < -0.39 is 0 Å². The summed E-state index contributed by atoms with van der Waals surface area (Å²) in [5.74, 6) is 0.914. The van der Waals surface area contributed by atoms with Gasteiger partial charge in [0.2, 0.25) is 0 Å². The zero-order valence-corrected chi connectivity index (χ0v) is 11.7. The van der Waals surface area contributed by atoms with Crippen LogP contribution in [0.2, 0.25) is 0 Å². The van der Waals surface area contributed by atoms with E-state index >= 15 is 0 Å². The quantitative estimate of drug-likeness (QED) is 0.818. The minimum absolute atomic E-state index is 0.336. The molecule has 106 valence electrons. The van der Waals surface area contributed by atoms with Crippen molar-refractivity contribution in [2.24, 2.45) is 5.73 Å². The van der Waals surface area contributed by atoms with E-state index in [1.165, 1.54) is 6.42 Å². The Hall–Kier alpha value is -1.26. The molecule has 1 saturated heterocycles.